The first-order valence-electron chi connectivity index (χ1n) is 10.1. The number of hydrogen-bond donors (Lipinski definition) is 0. The first-order chi connectivity index (χ1) is 14.2. The Morgan fingerprint density at radius 1 is 1.10 bits per heavy atom. The fourth-order valence-corrected chi connectivity index (χ4v) is 4.14. The van der Waals surface area contributed by atoms with E-state index in [1.54, 1.807) is 37.4 Å². The highest BCUT2D eigenvalue weighted by molar-refractivity contribution is 6.05. The van der Waals surface area contributed by atoms with Gasteiger partial charge in [-0.05, 0) is 43.9 Å². The van der Waals surface area contributed by atoms with E-state index in [-0.39, 0.29) is 17.5 Å². The van der Waals surface area contributed by atoms with Crippen molar-refractivity contribution in [3.8, 4) is 11.4 Å². The van der Waals surface area contributed by atoms with Gasteiger partial charge in [0.25, 0.3) is 11.5 Å². The van der Waals surface area contributed by atoms with E-state index >= 15 is 0 Å². The summed E-state index contributed by atoms with van der Waals surface area (Å²) in [5.41, 5.74) is 0.560. The van der Waals surface area contributed by atoms with Crippen LogP contribution in [-0.4, -0.2) is 40.3 Å². The lowest BCUT2D eigenvalue weighted by Gasteiger charge is -2.35. The number of piperidine rings is 1. The first-order valence-corrected chi connectivity index (χ1v) is 10.1. The molecule has 0 radical (unpaired) electrons. The molecule has 1 aliphatic rings. The van der Waals surface area contributed by atoms with E-state index < -0.39 is 0 Å². The molecule has 0 bridgehead atoms. The maximum absolute atomic E-state index is 13.5. The van der Waals surface area contributed by atoms with E-state index in [1.807, 2.05) is 23.1 Å². The van der Waals surface area contributed by atoms with Gasteiger partial charge in [-0.25, -0.2) is 0 Å². The number of rotatable bonds is 4. The number of carbonyl (C=O) groups is 1. The Bertz CT molecular complexity index is 1110. The Kier molecular flexibility index (Phi) is 5.34. The molecule has 150 valence electrons. The fourth-order valence-electron chi connectivity index (χ4n) is 4.14. The number of carbonyl (C=O) groups excluding carboxylic acids is 1. The van der Waals surface area contributed by atoms with E-state index in [4.69, 9.17) is 4.74 Å². The van der Waals surface area contributed by atoms with Crippen LogP contribution in [0.4, 0.5) is 0 Å². The molecule has 6 heteroatoms. The Labute approximate surface area is 169 Å². The number of benzene rings is 2. The topological polar surface area (TPSA) is 64.4 Å². The lowest BCUT2D eigenvalue weighted by molar-refractivity contribution is 0.0602. The zero-order valence-electron chi connectivity index (χ0n) is 16.8. The lowest BCUT2D eigenvalue weighted by Crippen LogP contribution is -2.44. The van der Waals surface area contributed by atoms with Crippen molar-refractivity contribution >= 4 is 16.7 Å². The molecule has 1 aromatic heterocycles. The second kappa shape index (κ2) is 8.07. The van der Waals surface area contributed by atoms with Crippen LogP contribution < -0.4 is 10.3 Å². The highest BCUT2D eigenvalue weighted by atomic mass is 16.5. The van der Waals surface area contributed by atoms with Crippen LogP contribution in [0, 0.1) is 0 Å². The van der Waals surface area contributed by atoms with Crippen LogP contribution >= 0.6 is 0 Å². The summed E-state index contributed by atoms with van der Waals surface area (Å²) in [6, 6.07) is 14.6. The van der Waals surface area contributed by atoms with Gasteiger partial charge >= 0.3 is 0 Å². The number of fused-ring (bicyclic) bond motifs is 1. The third-order valence-electron chi connectivity index (χ3n) is 5.68. The molecule has 0 aliphatic carbocycles. The minimum Gasteiger partial charge on any atom is -0.494 e. The molecule has 6 nitrogen and oxygen atoms in total. The second-order valence-electron chi connectivity index (χ2n) is 7.34. The standard InChI is InChI=1S/C23H25N3O3/c1-3-16-10-8-9-15-25(16)23(28)21-17-11-4-5-12-18(17)22(27)26(24-21)19-13-6-7-14-20(19)29-2/h4-7,11-14,16H,3,8-10,15H2,1-2H3. The Balaban J connectivity index is 1.93. The van der Waals surface area contributed by atoms with Crippen molar-refractivity contribution in [1.82, 2.24) is 14.7 Å². The van der Waals surface area contributed by atoms with E-state index in [9.17, 15) is 9.59 Å². The van der Waals surface area contributed by atoms with E-state index in [0.29, 0.717) is 27.9 Å². The van der Waals surface area contributed by atoms with Crippen molar-refractivity contribution in [2.45, 2.75) is 38.6 Å². The number of hydrogen-bond acceptors (Lipinski definition) is 4. The van der Waals surface area contributed by atoms with Crippen molar-refractivity contribution in [2.75, 3.05) is 13.7 Å². The van der Waals surface area contributed by atoms with Crippen molar-refractivity contribution in [3.05, 3.63) is 64.6 Å². The predicted octanol–water partition coefficient (Wildman–Crippen LogP) is 3.80. The smallest absolute Gasteiger partial charge is 0.279 e. The van der Waals surface area contributed by atoms with E-state index in [2.05, 4.69) is 12.0 Å². The third kappa shape index (κ3) is 3.39. The van der Waals surface area contributed by atoms with Crippen molar-refractivity contribution in [2.24, 2.45) is 0 Å². The molecule has 4 rings (SSSR count). The van der Waals surface area contributed by atoms with Gasteiger partial charge in [0, 0.05) is 18.0 Å². The molecule has 0 saturated carbocycles. The molecule has 2 aromatic carbocycles. The van der Waals surface area contributed by atoms with Crippen LogP contribution in [0.5, 0.6) is 5.75 Å². The molecular weight excluding hydrogens is 366 g/mol. The summed E-state index contributed by atoms with van der Waals surface area (Å²) in [5.74, 6) is 0.414. The van der Waals surface area contributed by atoms with Crippen LogP contribution in [0.3, 0.4) is 0 Å². The number of methoxy groups -OCH3 is 1. The molecule has 1 saturated heterocycles. The number of para-hydroxylation sites is 2. The SMILES string of the molecule is CCC1CCCCN1C(=O)c1nn(-c2ccccc2OC)c(=O)c2ccccc12. The predicted molar refractivity (Wildman–Crippen MR) is 113 cm³/mol. The van der Waals surface area contributed by atoms with Crippen LogP contribution in [0.2, 0.25) is 0 Å². The van der Waals surface area contributed by atoms with Crippen molar-refractivity contribution < 1.29 is 9.53 Å². The van der Waals surface area contributed by atoms with Gasteiger partial charge in [-0.2, -0.15) is 9.78 Å². The van der Waals surface area contributed by atoms with Crippen molar-refractivity contribution in [1.29, 1.82) is 0 Å². The molecule has 1 aliphatic heterocycles. The van der Waals surface area contributed by atoms with Crippen LogP contribution in [0.15, 0.2) is 53.3 Å². The Morgan fingerprint density at radius 3 is 2.59 bits per heavy atom. The monoisotopic (exact) mass is 391 g/mol. The van der Waals surface area contributed by atoms with Gasteiger partial charge in [-0.1, -0.05) is 37.3 Å². The van der Waals surface area contributed by atoms with Gasteiger partial charge in [0.05, 0.1) is 12.5 Å². The molecule has 0 N–H and O–H groups in total. The normalized spacial score (nSPS) is 16.8. The van der Waals surface area contributed by atoms with Crippen molar-refractivity contribution in [3.63, 3.8) is 0 Å². The molecule has 1 fully saturated rings. The van der Waals surface area contributed by atoms with Crippen LogP contribution in [-0.2, 0) is 0 Å². The quantitative estimate of drug-likeness (QED) is 0.679. The maximum Gasteiger partial charge on any atom is 0.279 e. The average Bonchev–Trinajstić information content (AvgIpc) is 2.79. The summed E-state index contributed by atoms with van der Waals surface area (Å²) in [7, 11) is 1.55. The minimum absolute atomic E-state index is 0.114. The molecule has 1 atom stereocenters. The summed E-state index contributed by atoms with van der Waals surface area (Å²) in [5, 5.41) is 5.62. The molecule has 1 unspecified atom stereocenters. The number of aromatic nitrogens is 2. The number of nitrogens with zero attached hydrogens (tertiary/aromatic N) is 3. The number of likely N-dealkylation sites (tertiary alicyclic amines) is 1. The van der Waals surface area contributed by atoms with Crippen LogP contribution in [0.25, 0.3) is 16.5 Å². The molecular formula is C23H25N3O3. The maximum atomic E-state index is 13.5. The summed E-state index contributed by atoms with van der Waals surface area (Å²) in [6.07, 6.45) is 4.05. The highest BCUT2D eigenvalue weighted by Gasteiger charge is 2.29. The zero-order chi connectivity index (χ0) is 20.4. The average molecular weight is 391 g/mol. The largest absolute Gasteiger partial charge is 0.494 e. The molecule has 3 aromatic rings. The molecule has 29 heavy (non-hydrogen) atoms. The summed E-state index contributed by atoms with van der Waals surface area (Å²) in [6.45, 7) is 2.83. The second-order valence-corrected chi connectivity index (χ2v) is 7.34. The summed E-state index contributed by atoms with van der Waals surface area (Å²) >= 11 is 0. The number of ether oxygens (including phenoxy) is 1. The fraction of sp³-hybridized carbons (Fsp3) is 0.348. The van der Waals surface area contributed by atoms with Crippen LogP contribution in [0.1, 0.15) is 43.1 Å². The van der Waals surface area contributed by atoms with Gasteiger partial charge in [-0.15, -0.1) is 0 Å². The molecule has 2 heterocycles. The Hall–Kier alpha value is -3.15. The highest BCUT2D eigenvalue weighted by Crippen LogP contribution is 2.25. The third-order valence-corrected chi connectivity index (χ3v) is 5.68. The van der Waals surface area contributed by atoms with Gasteiger partial charge in [-0.3, -0.25) is 9.59 Å². The van der Waals surface area contributed by atoms with Gasteiger partial charge in [0.1, 0.15) is 11.4 Å². The minimum atomic E-state index is -0.271. The summed E-state index contributed by atoms with van der Waals surface area (Å²) < 4.78 is 6.71. The first kappa shape index (κ1) is 19.2. The van der Waals surface area contributed by atoms with Gasteiger partial charge in [0.2, 0.25) is 0 Å². The molecule has 1 amide bonds. The van der Waals surface area contributed by atoms with E-state index in [0.717, 1.165) is 32.2 Å². The Morgan fingerprint density at radius 2 is 1.83 bits per heavy atom. The summed E-state index contributed by atoms with van der Waals surface area (Å²) in [4.78, 5) is 28.7. The lowest BCUT2D eigenvalue weighted by atomic mass is 9.99. The van der Waals surface area contributed by atoms with Gasteiger partial charge in [0.15, 0.2) is 5.69 Å². The van der Waals surface area contributed by atoms with Gasteiger partial charge < -0.3 is 9.64 Å². The van der Waals surface area contributed by atoms with E-state index in [1.165, 1.54) is 4.68 Å². The number of amides is 1. The zero-order valence-corrected chi connectivity index (χ0v) is 16.8. The molecule has 0 spiro atoms.